The zero-order chi connectivity index (χ0) is 8.10. The Morgan fingerprint density at radius 2 is 2.18 bits per heavy atom. The first-order chi connectivity index (χ1) is 5.30. The highest BCUT2D eigenvalue weighted by atomic mass is 16.1. The molecule has 11 heavy (non-hydrogen) atoms. The van der Waals surface area contributed by atoms with Gasteiger partial charge in [0.2, 0.25) is 0 Å². The number of nitrogens with two attached hydrogens (primary N) is 1. The lowest BCUT2D eigenvalue weighted by molar-refractivity contribution is -0.120. The van der Waals surface area contributed by atoms with E-state index in [0.29, 0.717) is 6.42 Å². The Labute approximate surface area is 67.3 Å². The van der Waals surface area contributed by atoms with Crippen molar-refractivity contribution in [2.45, 2.75) is 31.7 Å². The van der Waals surface area contributed by atoms with E-state index in [-0.39, 0.29) is 11.8 Å². The van der Waals surface area contributed by atoms with Crippen LogP contribution in [0.25, 0.3) is 0 Å². The van der Waals surface area contributed by atoms with Crippen molar-refractivity contribution in [3.63, 3.8) is 0 Å². The molecule has 3 heteroatoms. The molecular formula is C8H16N2O. The van der Waals surface area contributed by atoms with Gasteiger partial charge in [-0.15, -0.1) is 0 Å². The standard InChI is InChI=1S/C8H16N2O/c9-7-3-1-2-5-10-6-4-8(7)11/h7,10H,1-6,9H2. The summed E-state index contributed by atoms with van der Waals surface area (Å²) in [6, 6.07) is -0.199. The van der Waals surface area contributed by atoms with E-state index in [9.17, 15) is 4.79 Å². The summed E-state index contributed by atoms with van der Waals surface area (Å²) in [6.07, 6.45) is 3.67. The van der Waals surface area contributed by atoms with Gasteiger partial charge in [-0.05, 0) is 19.4 Å². The van der Waals surface area contributed by atoms with Gasteiger partial charge in [-0.2, -0.15) is 0 Å². The van der Waals surface area contributed by atoms with E-state index in [1.165, 1.54) is 0 Å². The van der Waals surface area contributed by atoms with E-state index in [2.05, 4.69) is 5.32 Å². The molecule has 1 fully saturated rings. The lowest BCUT2D eigenvalue weighted by Crippen LogP contribution is -2.31. The quantitative estimate of drug-likeness (QED) is 0.521. The summed E-state index contributed by atoms with van der Waals surface area (Å²) in [5, 5.41) is 3.20. The number of hydrogen-bond donors (Lipinski definition) is 2. The van der Waals surface area contributed by atoms with Crippen LogP contribution in [0.5, 0.6) is 0 Å². The van der Waals surface area contributed by atoms with Crippen molar-refractivity contribution in [3.05, 3.63) is 0 Å². The summed E-state index contributed by atoms with van der Waals surface area (Å²) < 4.78 is 0. The van der Waals surface area contributed by atoms with Crippen molar-refractivity contribution in [2.75, 3.05) is 13.1 Å². The van der Waals surface area contributed by atoms with Crippen molar-refractivity contribution in [3.8, 4) is 0 Å². The molecule has 1 saturated heterocycles. The van der Waals surface area contributed by atoms with Crippen LogP contribution in [-0.2, 0) is 4.79 Å². The van der Waals surface area contributed by atoms with Crippen LogP contribution in [0.15, 0.2) is 0 Å². The first-order valence-electron chi connectivity index (χ1n) is 4.30. The fraction of sp³-hybridized carbons (Fsp3) is 0.875. The van der Waals surface area contributed by atoms with Crippen molar-refractivity contribution < 1.29 is 4.79 Å². The minimum atomic E-state index is -0.199. The first kappa shape index (κ1) is 8.68. The van der Waals surface area contributed by atoms with Crippen molar-refractivity contribution in [2.24, 2.45) is 5.73 Å². The van der Waals surface area contributed by atoms with Crippen molar-refractivity contribution in [1.82, 2.24) is 5.32 Å². The summed E-state index contributed by atoms with van der Waals surface area (Å²) in [7, 11) is 0. The molecule has 0 aromatic rings. The van der Waals surface area contributed by atoms with Crippen LogP contribution in [0.1, 0.15) is 25.7 Å². The molecule has 0 aromatic carbocycles. The van der Waals surface area contributed by atoms with Gasteiger partial charge in [0, 0.05) is 13.0 Å². The number of hydrogen-bond acceptors (Lipinski definition) is 3. The monoisotopic (exact) mass is 156 g/mol. The Hall–Kier alpha value is -0.410. The molecule has 0 saturated carbocycles. The molecule has 1 unspecified atom stereocenters. The SMILES string of the molecule is NC1CCCCNCCC1=O. The summed E-state index contributed by atoms with van der Waals surface area (Å²) in [6.45, 7) is 1.83. The average Bonchev–Trinajstić information content (AvgIpc) is 2.07. The van der Waals surface area contributed by atoms with Gasteiger partial charge < -0.3 is 11.1 Å². The van der Waals surface area contributed by atoms with E-state index >= 15 is 0 Å². The third-order valence-electron chi connectivity index (χ3n) is 2.08. The number of Topliss-reactive ketones (excluding diaryl/α,β-unsaturated/α-hetero) is 1. The fourth-order valence-electron chi connectivity index (χ4n) is 1.30. The summed E-state index contributed by atoms with van der Waals surface area (Å²) in [4.78, 5) is 11.2. The molecule has 64 valence electrons. The third-order valence-corrected chi connectivity index (χ3v) is 2.08. The largest absolute Gasteiger partial charge is 0.322 e. The Balaban J connectivity index is 2.35. The van der Waals surface area contributed by atoms with Crippen LogP contribution in [0.3, 0.4) is 0 Å². The maximum Gasteiger partial charge on any atom is 0.150 e. The van der Waals surface area contributed by atoms with Gasteiger partial charge in [0.25, 0.3) is 0 Å². The molecule has 1 aliphatic heterocycles. The van der Waals surface area contributed by atoms with Crippen LogP contribution in [0.2, 0.25) is 0 Å². The Kier molecular flexibility index (Phi) is 3.52. The summed E-state index contributed by atoms with van der Waals surface area (Å²) in [5.74, 6) is 0.208. The Morgan fingerprint density at radius 1 is 1.36 bits per heavy atom. The lowest BCUT2D eigenvalue weighted by atomic mass is 10.1. The zero-order valence-electron chi connectivity index (χ0n) is 6.81. The minimum absolute atomic E-state index is 0.199. The van der Waals surface area contributed by atoms with Crippen molar-refractivity contribution >= 4 is 5.78 Å². The predicted molar refractivity (Wildman–Crippen MR) is 44.3 cm³/mol. The molecule has 3 N–H and O–H groups in total. The molecule has 0 bridgehead atoms. The van der Waals surface area contributed by atoms with E-state index in [1.807, 2.05) is 0 Å². The maximum atomic E-state index is 11.2. The Morgan fingerprint density at radius 3 is 3.00 bits per heavy atom. The van der Waals surface area contributed by atoms with E-state index < -0.39 is 0 Å². The molecule has 0 aromatic heterocycles. The Bertz CT molecular complexity index is 136. The number of carbonyl (C=O) groups is 1. The lowest BCUT2D eigenvalue weighted by Gasteiger charge is -2.06. The predicted octanol–water partition coefficient (Wildman–Crippen LogP) is 0.0464. The van der Waals surface area contributed by atoms with E-state index in [0.717, 1.165) is 32.4 Å². The number of rotatable bonds is 0. The smallest absolute Gasteiger partial charge is 0.150 e. The zero-order valence-corrected chi connectivity index (χ0v) is 6.81. The highest BCUT2D eigenvalue weighted by Gasteiger charge is 2.13. The number of carbonyl (C=O) groups excluding carboxylic acids is 1. The van der Waals surface area contributed by atoms with Gasteiger partial charge in [-0.1, -0.05) is 6.42 Å². The molecule has 1 rings (SSSR count). The van der Waals surface area contributed by atoms with Crippen LogP contribution >= 0.6 is 0 Å². The average molecular weight is 156 g/mol. The second-order valence-electron chi connectivity index (χ2n) is 3.07. The van der Waals surface area contributed by atoms with E-state index in [1.54, 1.807) is 0 Å². The minimum Gasteiger partial charge on any atom is -0.322 e. The molecule has 1 heterocycles. The van der Waals surface area contributed by atoms with Crippen LogP contribution < -0.4 is 11.1 Å². The van der Waals surface area contributed by atoms with Crippen molar-refractivity contribution in [1.29, 1.82) is 0 Å². The molecule has 0 amide bonds. The van der Waals surface area contributed by atoms with Gasteiger partial charge in [-0.25, -0.2) is 0 Å². The topological polar surface area (TPSA) is 55.1 Å². The van der Waals surface area contributed by atoms with Gasteiger partial charge in [-0.3, -0.25) is 4.79 Å². The molecule has 0 radical (unpaired) electrons. The van der Waals surface area contributed by atoms with Gasteiger partial charge in [0.15, 0.2) is 5.78 Å². The molecule has 3 nitrogen and oxygen atoms in total. The second-order valence-corrected chi connectivity index (χ2v) is 3.07. The maximum absolute atomic E-state index is 11.2. The molecule has 1 aliphatic rings. The molecule has 0 aliphatic carbocycles. The van der Waals surface area contributed by atoms with Gasteiger partial charge in [0.1, 0.15) is 0 Å². The molecule has 0 spiro atoms. The third kappa shape index (κ3) is 2.99. The first-order valence-corrected chi connectivity index (χ1v) is 4.30. The second kappa shape index (κ2) is 4.46. The van der Waals surface area contributed by atoms with Crippen LogP contribution in [-0.4, -0.2) is 24.9 Å². The summed E-state index contributed by atoms with van der Waals surface area (Å²) >= 11 is 0. The fourth-order valence-corrected chi connectivity index (χ4v) is 1.30. The molecular weight excluding hydrogens is 140 g/mol. The van der Waals surface area contributed by atoms with Crippen LogP contribution in [0, 0.1) is 0 Å². The summed E-state index contributed by atoms with van der Waals surface area (Å²) in [5.41, 5.74) is 5.64. The normalized spacial score (nSPS) is 28.8. The van der Waals surface area contributed by atoms with Gasteiger partial charge >= 0.3 is 0 Å². The molecule has 1 atom stereocenters. The van der Waals surface area contributed by atoms with E-state index in [4.69, 9.17) is 5.73 Å². The van der Waals surface area contributed by atoms with Crippen LogP contribution in [0.4, 0.5) is 0 Å². The highest BCUT2D eigenvalue weighted by molar-refractivity contribution is 5.83. The van der Waals surface area contributed by atoms with Gasteiger partial charge in [0.05, 0.1) is 6.04 Å². The number of ketones is 1. The highest BCUT2D eigenvalue weighted by Crippen LogP contribution is 2.03. The number of nitrogens with one attached hydrogen (secondary N) is 1.